The fraction of sp³-hybridized carbons (Fsp3) is 0.462. The highest BCUT2D eigenvalue weighted by molar-refractivity contribution is 7.13. The minimum Gasteiger partial charge on any atom is -0.340 e. The minimum absolute atomic E-state index is 0.556. The van der Waals surface area contributed by atoms with Crippen LogP contribution in [0, 0.1) is 5.92 Å². The van der Waals surface area contributed by atoms with Gasteiger partial charge in [0.15, 0.2) is 0 Å². The number of nitrogens with zero attached hydrogens (tertiary/aromatic N) is 4. The van der Waals surface area contributed by atoms with E-state index in [0.717, 1.165) is 42.7 Å². The molecule has 6 heteroatoms. The summed E-state index contributed by atoms with van der Waals surface area (Å²) in [6, 6.07) is 1.91. The van der Waals surface area contributed by atoms with Crippen LogP contribution in [-0.2, 0) is 0 Å². The highest BCUT2D eigenvalue weighted by Crippen LogP contribution is 2.23. The van der Waals surface area contributed by atoms with Gasteiger partial charge in [-0.1, -0.05) is 0 Å². The SMILES string of the molecule is NCC1CCCN(c2nccc(-c3nccs3)n2)C1. The molecule has 1 saturated heterocycles. The van der Waals surface area contributed by atoms with Gasteiger partial charge in [-0.3, -0.25) is 0 Å². The predicted octanol–water partition coefficient (Wildman–Crippen LogP) is 1.78. The standard InChI is InChI=1S/C13H17N5S/c14-8-10-2-1-6-18(9-10)13-16-4-3-11(17-13)12-15-5-7-19-12/h3-5,7,10H,1-2,6,8-9,14H2. The van der Waals surface area contributed by atoms with E-state index >= 15 is 0 Å². The number of hydrogen-bond acceptors (Lipinski definition) is 6. The highest BCUT2D eigenvalue weighted by Gasteiger charge is 2.21. The van der Waals surface area contributed by atoms with Crippen molar-refractivity contribution in [2.24, 2.45) is 11.7 Å². The molecule has 1 aliphatic rings. The molecule has 0 aromatic carbocycles. The molecule has 1 fully saturated rings. The Morgan fingerprint density at radius 1 is 1.37 bits per heavy atom. The monoisotopic (exact) mass is 275 g/mol. The Bertz CT molecular complexity index is 528. The Morgan fingerprint density at radius 3 is 3.11 bits per heavy atom. The molecule has 3 rings (SSSR count). The molecule has 19 heavy (non-hydrogen) atoms. The van der Waals surface area contributed by atoms with E-state index in [1.165, 1.54) is 6.42 Å². The number of anilines is 1. The molecule has 1 unspecified atom stereocenters. The van der Waals surface area contributed by atoms with Crippen LogP contribution in [0.25, 0.3) is 10.7 Å². The third-order valence-corrected chi connectivity index (χ3v) is 4.23. The van der Waals surface area contributed by atoms with Gasteiger partial charge in [-0.25, -0.2) is 15.0 Å². The van der Waals surface area contributed by atoms with Crippen molar-refractivity contribution in [3.63, 3.8) is 0 Å². The van der Waals surface area contributed by atoms with Gasteiger partial charge >= 0.3 is 0 Å². The number of nitrogens with two attached hydrogens (primary N) is 1. The predicted molar refractivity (Wildman–Crippen MR) is 77.1 cm³/mol. The van der Waals surface area contributed by atoms with E-state index in [2.05, 4.69) is 19.9 Å². The average Bonchev–Trinajstić information content (AvgIpc) is 3.02. The Balaban J connectivity index is 1.83. The first-order valence-corrected chi connectivity index (χ1v) is 7.42. The first-order valence-electron chi connectivity index (χ1n) is 6.55. The van der Waals surface area contributed by atoms with Crippen molar-refractivity contribution in [1.82, 2.24) is 15.0 Å². The third kappa shape index (κ3) is 2.74. The van der Waals surface area contributed by atoms with Crippen molar-refractivity contribution in [3.8, 4) is 10.7 Å². The van der Waals surface area contributed by atoms with Crippen LogP contribution in [0.2, 0.25) is 0 Å². The van der Waals surface area contributed by atoms with Gasteiger partial charge < -0.3 is 10.6 Å². The summed E-state index contributed by atoms with van der Waals surface area (Å²) in [7, 11) is 0. The van der Waals surface area contributed by atoms with E-state index in [9.17, 15) is 0 Å². The van der Waals surface area contributed by atoms with E-state index in [0.29, 0.717) is 5.92 Å². The van der Waals surface area contributed by atoms with Crippen molar-refractivity contribution in [2.45, 2.75) is 12.8 Å². The number of rotatable bonds is 3. The first kappa shape index (κ1) is 12.5. The van der Waals surface area contributed by atoms with E-state index in [1.54, 1.807) is 17.5 Å². The number of piperidine rings is 1. The van der Waals surface area contributed by atoms with Gasteiger partial charge in [0.2, 0.25) is 5.95 Å². The van der Waals surface area contributed by atoms with Crippen molar-refractivity contribution in [3.05, 3.63) is 23.8 Å². The summed E-state index contributed by atoms with van der Waals surface area (Å²) in [6.07, 6.45) is 5.98. The summed E-state index contributed by atoms with van der Waals surface area (Å²) < 4.78 is 0. The second-order valence-corrected chi connectivity index (χ2v) is 5.66. The van der Waals surface area contributed by atoms with Crippen LogP contribution in [-0.4, -0.2) is 34.6 Å². The summed E-state index contributed by atoms with van der Waals surface area (Å²) in [5.74, 6) is 1.35. The second kappa shape index (κ2) is 5.63. The van der Waals surface area contributed by atoms with E-state index in [-0.39, 0.29) is 0 Å². The number of aromatic nitrogens is 3. The summed E-state index contributed by atoms with van der Waals surface area (Å²) in [6.45, 7) is 2.71. The fourth-order valence-corrected chi connectivity index (χ4v) is 3.02. The minimum atomic E-state index is 0.556. The molecule has 1 atom stereocenters. The normalized spacial score (nSPS) is 19.6. The molecule has 2 aromatic rings. The lowest BCUT2D eigenvalue weighted by atomic mass is 9.99. The zero-order valence-corrected chi connectivity index (χ0v) is 11.5. The average molecular weight is 275 g/mol. The van der Waals surface area contributed by atoms with Gasteiger partial charge in [0.1, 0.15) is 10.7 Å². The van der Waals surface area contributed by atoms with Gasteiger partial charge in [-0.05, 0) is 31.4 Å². The van der Waals surface area contributed by atoms with E-state index < -0.39 is 0 Å². The third-order valence-electron chi connectivity index (χ3n) is 3.43. The maximum Gasteiger partial charge on any atom is 0.225 e. The molecule has 0 aliphatic carbocycles. The second-order valence-electron chi connectivity index (χ2n) is 4.77. The van der Waals surface area contributed by atoms with Crippen LogP contribution < -0.4 is 10.6 Å². The smallest absolute Gasteiger partial charge is 0.225 e. The van der Waals surface area contributed by atoms with Gasteiger partial charge in [-0.15, -0.1) is 11.3 Å². The Morgan fingerprint density at radius 2 is 2.32 bits per heavy atom. The summed E-state index contributed by atoms with van der Waals surface area (Å²) in [5, 5.41) is 2.90. The summed E-state index contributed by atoms with van der Waals surface area (Å²) in [4.78, 5) is 15.5. The lowest BCUT2D eigenvalue weighted by Gasteiger charge is -2.32. The van der Waals surface area contributed by atoms with Crippen LogP contribution >= 0.6 is 11.3 Å². The molecule has 3 heterocycles. The van der Waals surface area contributed by atoms with Crippen LogP contribution in [0.15, 0.2) is 23.8 Å². The largest absolute Gasteiger partial charge is 0.340 e. The summed E-state index contributed by atoms with van der Waals surface area (Å²) >= 11 is 1.60. The van der Waals surface area contributed by atoms with Crippen molar-refractivity contribution in [1.29, 1.82) is 0 Å². The van der Waals surface area contributed by atoms with Crippen molar-refractivity contribution >= 4 is 17.3 Å². The number of hydrogen-bond donors (Lipinski definition) is 1. The molecular formula is C13H17N5S. The van der Waals surface area contributed by atoms with Gasteiger partial charge in [0, 0.05) is 30.9 Å². The van der Waals surface area contributed by atoms with Gasteiger partial charge in [0.05, 0.1) is 0 Å². The Kier molecular flexibility index (Phi) is 3.70. The first-order chi connectivity index (χ1) is 9.36. The molecule has 1 aliphatic heterocycles. The zero-order valence-electron chi connectivity index (χ0n) is 10.7. The van der Waals surface area contributed by atoms with Crippen molar-refractivity contribution in [2.75, 3.05) is 24.5 Å². The van der Waals surface area contributed by atoms with Gasteiger partial charge in [0.25, 0.3) is 0 Å². The highest BCUT2D eigenvalue weighted by atomic mass is 32.1. The maximum atomic E-state index is 5.77. The van der Waals surface area contributed by atoms with Crippen LogP contribution in [0.5, 0.6) is 0 Å². The molecule has 0 saturated carbocycles. The zero-order chi connectivity index (χ0) is 13.1. The van der Waals surface area contributed by atoms with Crippen LogP contribution in [0.3, 0.4) is 0 Å². The van der Waals surface area contributed by atoms with E-state index in [4.69, 9.17) is 5.73 Å². The van der Waals surface area contributed by atoms with E-state index in [1.807, 2.05) is 17.6 Å². The Labute approximate surface area is 116 Å². The van der Waals surface area contributed by atoms with Crippen LogP contribution in [0.4, 0.5) is 5.95 Å². The maximum absolute atomic E-state index is 5.77. The molecule has 0 amide bonds. The number of thiazole rings is 1. The fourth-order valence-electron chi connectivity index (χ4n) is 2.41. The molecule has 0 radical (unpaired) electrons. The lowest BCUT2D eigenvalue weighted by Crippen LogP contribution is -2.39. The summed E-state index contributed by atoms with van der Waals surface area (Å²) in [5.41, 5.74) is 6.67. The molecular weight excluding hydrogens is 258 g/mol. The lowest BCUT2D eigenvalue weighted by molar-refractivity contribution is 0.419. The topological polar surface area (TPSA) is 67.9 Å². The van der Waals surface area contributed by atoms with Crippen molar-refractivity contribution < 1.29 is 0 Å². The van der Waals surface area contributed by atoms with Gasteiger partial charge in [-0.2, -0.15) is 0 Å². The Hall–Kier alpha value is -1.53. The molecule has 5 nitrogen and oxygen atoms in total. The molecule has 2 aromatic heterocycles. The molecule has 0 spiro atoms. The molecule has 0 bridgehead atoms. The van der Waals surface area contributed by atoms with Crippen LogP contribution in [0.1, 0.15) is 12.8 Å². The quantitative estimate of drug-likeness (QED) is 0.924. The molecule has 2 N–H and O–H groups in total. The molecule has 100 valence electrons.